The van der Waals surface area contributed by atoms with Gasteiger partial charge in [0.15, 0.2) is 5.78 Å². The monoisotopic (exact) mass is 439 g/mol. The molecule has 3 aromatic rings. The SMILES string of the molecule is Cn1c2c(c(=O)n(C)c1=O)[C@@H](c1ccc(Cl)c(Cl)c1)C1=C(N2)c2ccccc2C1=O. The Kier molecular flexibility index (Phi) is 4.07. The summed E-state index contributed by atoms with van der Waals surface area (Å²) >= 11 is 12.4. The van der Waals surface area contributed by atoms with Gasteiger partial charge in [-0.2, -0.15) is 0 Å². The van der Waals surface area contributed by atoms with E-state index in [1.165, 1.54) is 11.6 Å². The minimum Gasteiger partial charge on any atom is -0.340 e. The average Bonchev–Trinajstić information content (AvgIpc) is 3.03. The minimum absolute atomic E-state index is 0.161. The van der Waals surface area contributed by atoms with E-state index < -0.39 is 17.2 Å². The summed E-state index contributed by atoms with van der Waals surface area (Å²) in [5.74, 6) is -0.496. The summed E-state index contributed by atoms with van der Waals surface area (Å²) in [5, 5.41) is 3.89. The van der Waals surface area contributed by atoms with E-state index in [0.29, 0.717) is 43.8 Å². The lowest BCUT2D eigenvalue weighted by molar-refractivity contribution is 0.103. The quantitative estimate of drug-likeness (QED) is 0.628. The number of allylic oxidation sites excluding steroid dienone is 1. The Balaban J connectivity index is 1.90. The third kappa shape index (κ3) is 2.41. The molecular formula is C22H15Cl2N3O3. The molecule has 1 aliphatic carbocycles. The molecule has 2 aromatic carbocycles. The van der Waals surface area contributed by atoms with E-state index in [2.05, 4.69) is 5.32 Å². The van der Waals surface area contributed by atoms with Crippen molar-refractivity contribution in [2.45, 2.75) is 5.92 Å². The molecule has 2 heterocycles. The molecule has 0 radical (unpaired) electrons. The van der Waals surface area contributed by atoms with Gasteiger partial charge in [-0.05, 0) is 17.7 Å². The van der Waals surface area contributed by atoms with E-state index in [-0.39, 0.29) is 5.78 Å². The van der Waals surface area contributed by atoms with Crippen LogP contribution in [-0.2, 0) is 14.1 Å². The van der Waals surface area contributed by atoms with Crippen molar-refractivity contribution in [1.29, 1.82) is 0 Å². The fourth-order valence-corrected chi connectivity index (χ4v) is 4.59. The van der Waals surface area contributed by atoms with Gasteiger partial charge in [-0.3, -0.25) is 18.7 Å². The van der Waals surface area contributed by atoms with Gasteiger partial charge in [-0.15, -0.1) is 0 Å². The Hall–Kier alpha value is -3.09. The third-order valence-electron chi connectivity index (χ3n) is 5.75. The molecule has 30 heavy (non-hydrogen) atoms. The first-order valence-electron chi connectivity index (χ1n) is 9.21. The van der Waals surface area contributed by atoms with E-state index in [1.807, 2.05) is 12.1 Å². The van der Waals surface area contributed by atoms with Gasteiger partial charge in [-0.25, -0.2) is 4.79 Å². The van der Waals surface area contributed by atoms with Crippen LogP contribution in [0.2, 0.25) is 10.0 Å². The number of carbonyl (C=O) groups excluding carboxylic acids is 1. The number of benzene rings is 2. The molecule has 0 saturated heterocycles. The van der Waals surface area contributed by atoms with Crippen LogP contribution in [0.5, 0.6) is 0 Å². The molecule has 0 unspecified atom stereocenters. The van der Waals surface area contributed by atoms with Crippen LogP contribution >= 0.6 is 23.2 Å². The van der Waals surface area contributed by atoms with Crippen molar-refractivity contribution in [3.05, 3.63) is 101 Å². The van der Waals surface area contributed by atoms with Crippen molar-refractivity contribution in [1.82, 2.24) is 9.13 Å². The highest BCUT2D eigenvalue weighted by Gasteiger charge is 2.42. The van der Waals surface area contributed by atoms with Gasteiger partial charge in [0.25, 0.3) is 5.56 Å². The molecule has 1 aliphatic heterocycles. The predicted molar refractivity (Wildman–Crippen MR) is 117 cm³/mol. The Morgan fingerprint density at radius 3 is 2.30 bits per heavy atom. The van der Waals surface area contributed by atoms with Crippen LogP contribution in [0.1, 0.15) is 33.0 Å². The third-order valence-corrected chi connectivity index (χ3v) is 6.49. The first kappa shape index (κ1) is 18.9. The molecular weight excluding hydrogens is 425 g/mol. The van der Waals surface area contributed by atoms with Gasteiger partial charge in [0.2, 0.25) is 0 Å². The Morgan fingerprint density at radius 1 is 0.900 bits per heavy atom. The second-order valence-corrected chi connectivity index (χ2v) is 8.18. The number of anilines is 1. The standard InChI is InChI=1S/C22H15Cl2N3O3/c1-26-20-17(21(29)27(2)22(26)30)15(10-7-8-13(23)14(24)9-10)16-18(25-20)11-5-3-4-6-12(11)19(16)28/h3-9,15,25H,1-2H3/t15-/m0/s1. The van der Waals surface area contributed by atoms with Crippen LogP contribution in [0.15, 0.2) is 57.6 Å². The smallest absolute Gasteiger partial charge is 0.332 e. The number of nitrogens with zero attached hydrogens (tertiary/aromatic N) is 2. The molecule has 1 atom stereocenters. The van der Waals surface area contributed by atoms with Gasteiger partial charge in [-0.1, -0.05) is 53.5 Å². The summed E-state index contributed by atoms with van der Waals surface area (Å²) in [6.07, 6.45) is 0. The molecule has 150 valence electrons. The summed E-state index contributed by atoms with van der Waals surface area (Å²) in [4.78, 5) is 39.2. The number of hydrogen-bond donors (Lipinski definition) is 1. The zero-order chi connectivity index (χ0) is 21.3. The lowest BCUT2D eigenvalue weighted by atomic mass is 9.81. The molecule has 5 rings (SSSR count). The molecule has 0 saturated carbocycles. The number of ketones is 1. The number of halogens is 2. The van der Waals surface area contributed by atoms with Gasteiger partial charge in [0.1, 0.15) is 5.82 Å². The van der Waals surface area contributed by atoms with Crippen molar-refractivity contribution in [2.75, 3.05) is 5.32 Å². The largest absolute Gasteiger partial charge is 0.340 e. The van der Waals surface area contributed by atoms with E-state index in [1.54, 1.807) is 37.4 Å². The van der Waals surface area contributed by atoms with Crippen molar-refractivity contribution in [3.8, 4) is 0 Å². The van der Waals surface area contributed by atoms with Crippen LogP contribution in [0.4, 0.5) is 5.82 Å². The fourth-order valence-electron chi connectivity index (χ4n) is 4.28. The maximum Gasteiger partial charge on any atom is 0.332 e. The van der Waals surface area contributed by atoms with Gasteiger partial charge < -0.3 is 5.32 Å². The fraction of sp³-hybridized carbons (Fsp3) is 0.136. The zero-order valence-corrected chi connectivity index (χ0v) is 17.5. The number of fused-ring (bicyclic) bond motifs is 3. The van der Waals surface area contributed by atoms with Crippen LogP contribution < -0.4 is 16.6 Å². The Bertz CT molecular complexity index is 1430. The van der Waals surface area contributed by atoms with Crippen molar-refractivity contribution in [3.63, 3.8) is 0 Å². The molecule has 0 bridgehead atoms. The first-order valence-corrected chi connectivity index (χ1v) is 9.97. The van der Waals surface area contributed by atoms with Gasteiger partial charge in [0, 0.05) is 36.7 Å². The molecule has 1 N–H and O–H groups in total. The number of Topliss-reactive ketones (excluding diaryl/α,β-unsaturated/α-hetero) is 1. The minimum atomic E-state index is -0.698. The number of aromatic nitrogens is 2. The predicted octanol–water partition coefficient (Wildman–Crippen LogP) is 3.56. The maximum absolute atomic E-state index is 13.4. The number of nitrogens with one attached hydrogen (secondary N) is 1. The zero-order valence-electron chi connectivity index (χ0n) is 16.0. The summed E-state index contributed by atoms with van der Waals surface area (Å²) in [7, 11) is 3.01. The van der Waals surface area contributed by atoms with Crippen molar-refractivity contribution >= 4 is 40.5 Å². The molecule has 6 nitrogen and oxygen atoms in total. The number of rotatable bonds is 1. The molecule has 0 fully saturated rings. The number of carbonyl (C=O) groups is 1. The first-order chi connectivity index (χ1) is 14.3. The van der Waals surface area contributed by atoms with Crippen LogP contribution in [0.25, 0.3) is 5.70 Å². The van der Waals surface area contributed by atoms with E-state index in [4.69, 9.17) is 23.2 Å². The topological polar surface area (TPSA) is 73.1 Å². The molecule has 0 spiro atoms. The Morgan fingerprint density at radius 2 is 1.60 bits per heavy atom. The normalized spacial score (nSPS) is 16.8. The van der Waals surface area contributed by atoms with E-state index >= 15 is 0 Å². The van der Waals surface area contributed by atoms with Gasteiger partial charge >= 0.3 is 5.69 Å². The molecule has 1 aromatic heterocycles. The van der Waals surface area contributed by atoms with E-state index in [9.17, 15) is 14.4 Å². The maximum atomic E-state index is 13.4. The summed E-state index contributed by atoms with van der Waals surface area (Å²) < 4.78 is 2.43. The van der Waals surface area contributed by atoms with Crippen LogP contribution in [0.3, 0.4) is 0 Å². The second kappa shape index (κ2) is 6.45. The summed E-state index contributed by atoms with van der Waals surface area (Å²) in [5.41, 5.74) is 2.39. The number of hydrogen-bond acceptors (Lipinski definition) is 4. The average molecular weight is 440 g/mol. The highest BCUT2D eigenvalue weighted by molar-refractivity contribution is 6.42. The van der Waals surface area contributed by atoms with Gasteiger partial charge in [0.05, 0.1) is 21.3 Å². The second-order valence-electron chi connectivity index (χ2n) is 7.36. The molecule has 2 aliphatic rings. The highest BCUT2D eigenvalue weighted by atomic mass is 35.5. The molecule has 8 heteroatoms. The van der Waals surface area contributed by atoms with Crippen LogP contribution in [0, 0.1) is 0 Å². The van der Waals surface area contributed by atoms with Crippen LogP contribution in [-0.4, -0.2) is 14.9 Å². The van der Waals surface area contributed by atoms with E-state index in [0.717, 1.165) is 10.1 Å². The lowest BCUT2D eigenvalue weighted by Gasteiger charge is -2.29. The lowest BCUT2D eigenvalue weighted by Crippen LogP contribution is -2.42. The van der Waals surface area contributed by atoms with Crippen molar-refractivity contribution in [2.24, 2.45) is 14.1 Å². The Labute approximate surface area is 181 Å². The summed E-state index contributed by atoms with van der Waals surface area (Å²) in [6, 6.07) is 12.3. The summed E-state index contributed by atoms with van der Waals surface area (Å²) in [6.45, 7) is 0. The van der Waals surface area contributed by atoms with Crippen molar-refractivity contribution < 1.29 is 4.79 Å². The highest BCUT2D eigenvalue weighted by Crippen LogP contribution is 2.48. The molecule has 0 amide bonds.